The minimum absolute atomic E-state index is 0.200. The molecule has 0 unspecified atom stereocenters. The maximum absolute atomic E-state index is 2.72. The molecule has 15 rings (SSSR count). The van der Waals surface area contributed by atoms with E-state index in [2.05, 4.69) is 254 Å². The summed E-state index contributed by atoms with van der Waals surface area (Å²) in [6, 6.07) is 88.3. The Morgan fingerprint density at radius 3 is 1.27 bits per heavy atom. The highest BCUT2D eigenvalue weighted by atomic mass is 28.3. The Labute approximate surface area is 392 Å². The number of nitrogens with zero attached hydrogens (tertiary/aromatic N) is 2. The topological polar surface area (TPSA) is 6.48 Å². The molecule has 67 heavy (non-hydrogen) atoms. The van der Waals surface area contributed by atoms with Crippen LogP contribution in [0.15, 0.2) is 231 Å². The molecule has 1 aliphatic carbocycles. The van der Waals surface area contributed by atoms with Gasteiger partial charge in [0.2, 0.25) is 0 Å². The third-order valence-corrected chi connectivity index (χ3v) is 21.2. The largest absolute Gasteiger partial charge is 0.310 e. The zero-order valence-electron chi connectivity index (χ0n) is 37.3. The Morgan fingerprint density at radius 1 is 0.284 bits per heavy atom. The Balaban J connectivity index is 1.06. The van der Waals surface area contributed by atoms with Crippen molar-refractivity contribution in [1.82, 2.24) is 0 Å². The fourth-order valence-corrected chi connectivity index (χ4v) is 19.3. The van der Waals surface area contributed by atoms with E-state index in [9.17, 15) is 0 Å². The van der Waals surface area contributed by atoms with Gasteiger partial charge in [0.05, 0.1) is 28.2 Å². The van der Waals surface area contributed by atoms with Gasteiger partial charge in [-0.1, -0.05) is 196 Å². The van der Waals surface area contributed by atoms with Crippen LogP contribution in [0.5, 0.6) is 0 Å². The molecule has 5 aliphatic rings. The molecule has 2 spiro atoms. The molecule has 0 amide bonds. The van der Waals surface area contributed by atoms with Gasteiger partial charge in [0.25, 0.3) is 0 Å². The summed E-state index contributed by atoms with van der Waals surface area (Å²) in [7, 11) is -2.72. The van der Waals surface area contributed by atoms with E-state index in [-0.39, 0.29) is 5.41 Å². The summed E-state index contributed by atoms with van der Waals surface area (Å²) < 4.78 is 0. The van der Waals surface area contributed by atoms with Crippen molar-refractivity contribution in [2.75, 3.05) is 9.80 Å². The van der Waals surface area contributed by atoms with E-state index in [1.807, 2.05) is 0 Å². The maximum Gasteiger partial charge on any atom is 0.182 e. The van der Waals surface area contributed by atoms with Gasteiger partial charge < -0.3 is 9.80 Å². The average molecular weight is 869 g/mol. The van der Waals surface area contributed by atoms with Gasteiger partial charge in [-0.3, -0.25) is 0 Å². The van der Waals surface area contributed by atoms with Crippen LogP contribution < -0.4 is 30.5 Å². The van der Waals surface area contributed by atoms with Crippen molar-refractivity contribution >= 4 is 62.9 Å². The zero-order chi connectivity index (χ0) is 44.2. The Morgan fingerprint density at radius 2 is 0.716 bits per heavy atom. The van der Waals surface area contributed by atoms with Crippen molar-refractivity contribution in [3.63, 3.8) is 0 Å². The van der Waals surface area contributed by atoms with Crippen LogP contribution >= 0.6 is 0 Å². The number of benzene rings is 10. The molecule has 0 radical (unpaired) electrons. The molecule has 4 aliphatic heterocycles. The number of hydrogen-bond donors (Lipinski definition) is 0. The third-order valence-electron chi connectivity index (χ3n) is 16.2. The van der Waals surface area contributed by atoms with Gasteiger partial charge in [-0.25, -0.2) is 0 Å². The second-order valence-corrected chi connectivity index (χ2v) is 23.2. The van der Waals surface area contributed by atoms with Crippen molar-refractivity contribution in [2.24, 2.45) is 0 Å². The first-order valence-electron chi connectivity index (χ1n) is 23.7. The van der Waals surface area contributed by atoms with E-state index in [0.29, 0.717) is 0 Å². The number of fused-ring (bicyclic) bond motifs is 21. The highest BCUT2D eigenvalue weighted by Gasteiger charge is 2.56. The van der Waals surface area contributed by atoms with Crippen molar-refractivity contribution < 1.29 is 0 Å². The van der Waals surface area contributed by atoms with Crippen molar-refractivity contribution in [3.8, 4) is 33.4 Å². The summed E-state index contributed by atoms with van der Waals surface area (Å²) in [5.41, 5.74) is 22.4. The quantitative estimate of drug-likeness (QED) is 0.160. The van der Waals surface area contributed by atoms with Gasteiger partial charge in [0.1, 0.15) is 0 Å². The highest BCUT2D eigenvalue weighted by Crippen LogP contribution is 2.66. The SMILES string of the molecule is CC1(C)c2ccccc2-c2cc3c(cc21)C1(c2ccccc2N(c2ccccc2)c2ccccc21)c1ccccc1N3c1ccc2c(c1)[Si]1(c3ccccc3-c3ccccc31)c1ccccc1-2. The van der Waals surface area contributed by atoms with Gasteiger partial charge in [0, 0.05) is 16.8 Å². The molecule has 0 N–H and O–H groups in total. The second-order valence-electron chi connectivity index (χ2n) is 19.5. The molecule has 314 valence electrons. The van der Waals surface area contributed by atoms with Gasteiger partial charge in [-0.05, 0) is 136 Å². The van der Waals surface area contributed by atoms with Crippen LogP contribution in [0.25, 0.3) is 33.4 Å². The summed E-state index contributed by atoms with van der Waals surface area (Å²) in [6.45, 7) is 4.84. The molecule has 0 saturated carbocycles. The monoisotopic (exact) mass is 868 g/mol. The summed E-state index contributed by atoms with van der Waals surface area (Å²) in [6.07, 6.45) is 0. The van der Waals surface area contributed by atoms with Crippen LogP contribution in [0.4, 0.5) is 34.1 Å². The van der Waals surface area contributed by atoms with E-state index in [1.54, 1.807) is 0 Å². The molecule has 10 aromatic carbocycles. The van der Waals surface area contributed by atoms with E-state index < -0.39 is 13.5 Å². The Hall–Kier alpha value is -7.98. The fourth-order valence-electron chi connectivity index (χ4n) is 13.7. The molecule has 0 atom stereocenters. The summed E-state index contributed by atoms with van der Waals surface area (Å²) in [5.74, 6) is 0. The first kappa shape index (κ1) is 37.3. The smallest absolute Gasteiger partial charge is 0.182 e. The third kappa shape index (κ3) is 4.46. The molecular weight excluding hydrogens is 825 g/mol. The fraction of sp³-hybridized carbons (Fsp3) is 0.0625. The molecule has 3 heteroatoms. The standard InChI is InChI=1S/C64H44N2Si/c1-63(2)49-26-10-6-22-43(49)48-39-58-54(40-53(48)63)64(50-27-11-14-30-55(50)65(41-20-4-3-5-21-41)56-31-15-12-28-51(56)64)52-29-13-16-32-57(52)66(58)42-36-37-47-46-25-9-19-35-61(46)67(62(47)38-42)59-33-17-7-23-44(59)45-24-8-18-34-60(45)67/h3-40H,1-2H3. The number of para-hydroxylation sites is 4. The predicted octanol–water partition coefficient (Wildman–Crippen LogP) is 13.3. The minimum Gasteiger partial charge on any atom is -0.310 e. The van der Waals surface area contributed by atoms with Crippen LogP contribution in [-0.2, 0) is 10.8 Å². The highest BCUT2D eigenvalue weighted by molar-refractivity contribution is 7.24. The van der Waals surface area contributed by atoms with Crippen LogP contribution in [0, 0.1) is 0 Å². The second kappa shape index (κ2) is 13.1. The molecule has 0 fully saturated rings. The molecule has 10 aromatic rings. The maximum atomic E-state index is 2.64. The van der Waals surface area contributed by atoms with E-state index in [1.165, 1.54) is 116 Å². The Kier molecular flexibility index (Phi) is 7.28. The lowest BCUT2D eigenvalue weighted by atomic mass is 9.59. The number of hydrogen-bond acceptors (Lipinski definition) is 2. The summed E-state index contributed by atoms with van der Waals surface area (Å²) >= 11 is 0. The van der Waals surface area contributed by atoms with E-state index in [4.69, 9.17) is 0 Å². The average Bonchev–Trinajstić information content (AvgIpc) is 3.94. The first-order valence-corrected chi connectivity index (χ1v) is 25.7. The van der Waals surface area contributed by atoms with Crippen LogP contribution in [0.2, 0.25) is 0 Å². The lowest BCUT2D eigenvalue weighted by molar-refractivity contribution is 0.652. The van der Waals surface area contributed by atoms with Crippen LogP contribution in [0.3, 0.4) is 0 Å². The van der Waals surface area contributed by atoms with Gasteiger partial charge in [-0.15, -0.1) is 0 Å². The van der Waals surface area contributed by atoms with Crippen LogP contribution in [-0.4, -0.2) is 8.07 Å². The van der Waals surface area contributed by atoms with Gasteiger partial charge in [0.15, 0.2) is 8.07 Å². The number of rotatable bonds is 2. The molecule has 0 bridgehead atoms. The molecule has 2 nitrogen and oxygen atoms in total. The Bertz CT molecular complexity index is 3660. The molecule has 4 heterocycles. The van der Waals surface area contributed by atoms with E-state index in [0.717, 1.165) is 5.69 Å². The van der Waals surface area contributed by atoms with Gasteiger partial charge in [-0.2, -0.15) is 0 Å². The minimum atomic E-state index is -2.72. The lowest BCUT2D eigenvalue weighted by Gasteiger charge is -2.51. The summed E-state index contributed by atoms with van der Waals surface area (Å²) in [4.78, 5) is 5.12. The van der Waals surface area contributed by atoms with Crippen LogP contribution in [0.1, 0.15) is 47.2 Å². The first-order chi connectivity index (χ1) is 33.0. The van der Waals surface area contributed by atoms with Crippen molar-refractivity contribution in [3.05, 3.63) is 264 Å². The van der Waals surface area contributed by atoms with Crippen molar-refractivity contribution in [1.29, 1.82) is 0 Å². The summed E-state index contributed by atoms with van der Waals surface area (Å²) in [5, 5.41) is 5.96. The lowest BCUT2D eigenvalue weighted by Crippen LogP contribution is -2.70. The molecule has 0 saturated heterocycles. The van der Waals surface area contributed by atoms with E-state index >= 15 is 0 Å². The normalized spacial score (nSPS) is 15.9. The van der Waals surface area contributed by atoms with Crippen molar-refractivity contribution in [2.45, 2.75) is 24.7 Å². The zero-order valence-corrected chi connectivity index (χ0v) is 38.3. The van der Waals surface area contributed by atoms with Gasteiger partial charge >= 0.3 is 0 Å². The number of anilines is 6. The molecule has 0 aromatic heterocycles. The molecular formula is C64H44N2Si. The predicted molar refractivity (Wildman–Crippen MR) is 280 cm³/mol.